The predicted octanol–water partition coefficient (Wildman–Crippen LogP) is 1.18. The van der Waals surface area contributed by atoms with Crippen molar-refractivity contribution in [3.63, 3.8) is 0 Å². The van der Waals surface area contributed by atoms with Gasteiger partial charge in [0.15, 0.2) is 6.61 Å². The van der Waals surface area contributed by atoms with Crippen LogP contribution in [0.3, 0.4) is 0 Å². The van der Waals surface area contributed by atoms with Gasteiger partial charge in [-0.1, -0.05) is 17.7 Å². The number of aliphatic hydroxyl groups excluding tert-OH is 1. The second-order valence-electron chi connectivity index (χ2n) is 4.13. The van der Waals surface area contributed by atoms with E-state index in [1.807, 2.05) is 0 Å². The summed E-state index contributed by atoms with van der Waals surface area (Å²) >= 11 is 5.80. The van der Waals surface area contributed by atoms with Crippen molar-refractivity contribution in [3.8, 4) is 5.75 Å². The number of carbonyl (C=O) groups excluding carboxylic acids is 1. The van der Waals surface area contributed by atoms with Crippen LogP contribution in [0.15, 0.2) is 24.3 Å². The highest BCUT2D eigenvalue weighted by atomic mass is 35.5. The lowest BCUT2D eigenvalue weighted by Gasteiger charge is -2.20. The number of benzene rings is 1. The van der Waals surface area contributed by atoms with Crippen LogP contribution in [0, 0.1) is 0 Å². The summed E-state index contributed by atoms with van der Waals surface area (Å²) in [5, 5.41) is 10.1. The maximum absolute atomic E-state index is 11.8. The Labute approximate surface area is 117 Å². The highest BCUT2D eigenvalue weighted by molar-refractivity contribution is 6.30. The Balaban J connectivity index is 2.38. The molecule has 6 heteroatoms. The highest BCUT2D eigenvalue weighted by Crippen LogP contribution is 2.16. The van der Waals surface area contributed by atoms with E-state index in [4.69, 9.17) is 21.1 Å². The fraction of sp³-hybridized carbons (Fsp3) is 0.462. The number of carbonyl (C=O) groups is 1. The molecule has 1 N–H and O–H groups in total. The molecule has 0 aliphatic rings. The van der Waals surface area contributed by atoms with Gasteiger partial charge in [-0.25, -0.2) is 0 Å². The third-order valence-electron chi connectivity index (χ3n) is 2.43. The second-order valence-corrected chi connectivity index (χ2v) is 4.57. The summed E-state index contributed by atoms with van der Waals surface area (Å²) in [5.74, 6) is 0.307. The zero-order valence-corrected chi connectivity index (χ0v) is 11.8. The number of hydrogen-bond donors (Lipinski definition) is 1. The molecule has 0 radical (unpaired) electrons. The number of amides is 1. The van der Waals surface area contributed by atoms with Gasteiger partial charge in [0, 0.05) is 25.7 Å². The van der Waals surface area contributed by atoms with Crippen LogP contribution < -0.4 is 4.74 Å². The van der Waals surface area contributed by atoms with E-state index < -0.39 is 6.10 Å². The van der Waals surface area contributed by atoms with E-state index in [0.29, 0.717) is 10.8 Å². The fourth-order valence-electron chi connectivity index (χ4n) is 1.48. The smallest absolute Gasteiger partial charge is 0.260 e. The van der Waals surface area contributed by atoms with Gasteiger partial charge in [0.1, 0.15) is 5.75 Å². The molecule has 5 nitrogen and oxygen atoms in total. The van der Waals surface area contributed by atoms with E-state index in [1.165, 1.54) is 12.0 Å². The number of methoxy groups -OCH3 is 1. The molecule has 1 amide bonds. The van der Waals surface area contributed by atoms with Gasteiger partial charge in [-0.2, -0.15) is 0 Å². The Morgan fingerprint density at radius 1 is 1.53 bits per heavy atom. The molecular weight excluding hydrogens is 270 g/mol. The fourth-order valence-corrected chi connectivity index (χ4v) is 1.66. The lowest BCUT2D eigenvalue weighted by atomic mass is 10.3. The molecule has 0 saturated heterocycles. The Morgan fingerprint density at radius 2 is 2.26 bits per heavy atom. The van der Waals surface area contributed by atoms with E-state index in [-0.39, 0.29) is 25.7 Å². The van der Waals surface area contributed by atoms with Crippen LogP contribution in [0.25, 0.3) is 0 Å². The maximum atomic E-state index is 11.8. The minimum absolute atomic E-state index is 0.101. The van der Waals surface area contributed by atoms with E-state index in [0.717, 1.165) is 0 Å². The SMILES string of the molecule is COCC(O)CN(C)C(=O)COc1cccc(Cl)c1. The van der Waals surface area contributed by atoms with Crippen LogP contribution in [0.2, 0.25) is 5.02 Å². The van der Waals surface area contributed by atoms with E-state index >= 15 is 0 Å². The van der Waals surface area contributed by atoms with E-state index in [1.54, 1.807) is 31.3 Å². The molecule has 1 rings (SSSR count). The molecule has 0 aliphatic carbocycles. The Morgan fingerprint density at radius 3 is 2.89 bits per heavy atom. The minimum Gasteiger partial charge on any atom is -0.484 e. The molecule has 1 aromatic rings. The van der Waals surface area contributed by atoms with Crippen LogP contribution >= 0.6 is 11.6 Å². The van der Waals surface area contributed by atoms with Crippen molar-refractivity contribution >= 4 is 17.5 Å². The molecule has 0 spiro atoms. The van der Waals surface area contributed by atoms with Gasteiger partial charge >= 0.3 is 0 Å². The number of rotatable bonds is 7. The third-order valence-corrected chi connectivity index (χ3v) is 2.66. The normalized spacial score (nSPS) is 12.0. The summed E-state index contributed by atoms with van der Waals surface area (Å²) < 4.78 is 10.1. The Hall–Kier alpha value is -1.30. The molecule has 1 unspecified atom stereocenters. The second kappa shape index (κ2) is 7.99. The van der Waals surface area contributed by atoms with E-state index in [9.17, 15) is 9.90 Å². The summed E-state index contributed by atoms with van der Waals surface area (Å²) in [6.07, 6.45) is -0.704. The van der Waals surface area contributed by atoms with Crippen molar-refractivity contribution in [2.45, 2.75) is 6.10 Å². The number of halogens is 1. The van der Waals surface area contributed by atoms with Gasteiger partial charge in [0.05, 0.1) is 12.7 Å². The van der Waals surface area contributed by atoms with Crippen molar-refractivity contribution in [3.05, 3.63) is 29.3 Å². The van der Waals surface area contributed by atoms with Crippen LogP contribution in [0.4, 0.5) is 0 Å². The zero-order valence-electron chi connectivity index (χ0n) is 11.0. The van der Waals surface area contributed by atoms with Crippen LogP contribution in [0.1, 0.15) is 0 Å². The number of aliphatic hydroxyl groups is 1. The number of likely N-dealkylation sites (N-methyl/N-ethyl adjacent to an activating group) is 1. The lowest BCUT2D eigenvalue weighted by molar-refractivity contribution is -0.133. The van der Waals surface area contributed by atoms with Gasteiger partial charge in [0.25, 0.3) is 5.91 Å². The summed E-state index contributed by atoms with van der Waals surface area (Å²) in [4.78, 5) is 13.2. The molecule has 0 aliphatic heterocycles. The maximum Gasteiger partial charge on any atom is 0.260 e. The summed E-state index contributed by atoms with van der Waals surface area (Å²) in [5.41, 5.74) is 0. The molecule has 0 bridgehead atoms. The molecule has 0 saturated carbocycles. The zero-order chi connectivity index (χ0) is 14.3. The Kier molecular flexibility index (Phi) is 6.62. The van der Waals surface area contributed by atoms with Gasteiger partial charge in [-0.05, 0) is 18.2 Å². The largest absolute Gasteiger partial charge is 0.484 e. The molecule has 1 atom stereocenters. The number of hydrogen-bond acceptors (Lipinski definition) is 4. The van der Waals surface area contributed by atoms with Gasteiger partial charge in [0.2, 0.25) is 0 Å². The first-order valence-electron chi connectivity index (χ1n) is 5.82. The summed E-state index contributed by atoms with van der Waals surface area (Å²) in [7, 11) is 3.09. The monoisotopic (exact) mass is 287 g/mol. The van der Waals surface area contributed by atoms with Crippen LogP contribution in [0.5, 0.6) is 5.75 Å². The average Bonchev–Trinajstić information content (AvgIpc) is 2.36. The first-order chi connectivity index (χ1) is 9.02. The van der Waals surface area contributed by atoms with Crippen LogP contribution in [-0.2, 0) is 9.53 Å². The summed E-state index contributed by atoms with van der Waals surface area (Å²) in [6, 6.07) is 6.82. The first-order valence-corrected chi connectivity index (χ1v) is 6.20. The first kappa shape index (κ1) is 15.8. The summed E-state index contributed by atoms with van der Waals surface area (Å²) in [6.45, 7) is 0.287. The van der Waals surface area contributed by atoms with Crippen LogP contribution in [-0.4, -0.2) is 55.9 Å². The number of ether oxygens (including phenoxy) is 2. The molecule has 0 aromatic heterocycles. The lowest BCUT2D eigenvalue weighted by Crippen LogP contribution is -2.38. The van der Waals surface area contributed by atoms with Crippen molar-refractivity contribution in [1.29, 1.82) is 0 Å². The molecule has 19 heavy (non-hydrogen) atoms. The molecule has 1 aromatic carbocycles. The minimum atomic E-state index is -0.704. The molecule has 0 fully saturated rings. The molecule has 106 valence electrons. The van der Waals surface area contributed by atoms with Crippen molar-refractivity contribution in [2.24, 2.45) is 0 Å². The van der Waals surface area contributed by atoms with Gasteiger partial charge < -0.3 is 19.5 Å². The van der Waals surface area contributed by atoms with Gasteiger partial charge in [-0.15, -0.1) is 0 Å². The van der Waals surface area contributed by atoms with Crippen molar-refractivity contribution < 1.29 is 19.4 Å². The number of nitrogens with zero attached hydrogens (tertiary/aromatic N) is 1. The standard InChI is InChI=1S/C13H18ClNO4/c1-15(7-11(16)8-18-2)13(17)9-19-12-5-3-4-10(14)6-12/h3-6,11,16H,7-9H2,1-2H3. The van der Waals surface area contributed by atoms with Gasteiger partial charge in [-0.3, -0.25) is 4.79 Å². The van der Waals surface area contributed by atoms with E-state index in [2.05, 4.69) is 0 Å². The topological polar surface area (TPSA) is 59.0 Å². The highest BCUT2D eigenvalue weighted by Gasteiger charge is 2.14. The molecular formula is C13H18ClNO4. The Bertz CT molecular complexity index is 413. The van der Waals surface area contributed by atoms with Crippen molar-refractivity contribution in [2.75, 3.05) is 33.9 Å². The average molecular weight is 288 g/mol. The predicted molar refractivity (Wildman–Crippen MR) is 72.5 cm³/mol. The quantitative estimate of drug-likeness (QED) is 0.818. The third kappa shape index (κ3) is 5.92. The van der Waals surface area contributed by atoms with Crippen molar-refractivity contribution in [1.82, 2.24) is 4.90 Å². The molecule has 0 heterocycles.